The summed E-state index contributed by atoms with van der Waals surface area (Å²) in [6, 6.07) is 7.79. The van der Waals surface area contributed by atoms with Crippen LogP contribution in [0.15, 0.2) is 30.5 Å². The average Bonchev–Trinajstić information content (AvgIpc) is 2.76. The predicted octanol–water partition coefficient (Wildman–Crippen LogP) is 1.24. The minimum Gasteiger partial charge on any atom is -0.508 e. The lowest BCUT2D eigenvalue weighted by Gasteiger charge is -2.03. The highest BCUT2D eigenvalue weighted by atomic mass is 16.3. The third kappa shape index (κ3) is 2.23. The van der Waals surface area contributed by atoms with E-state index < -0.39 is 5.91 Å². The molecule has 0 atom stereocenters. The summed E-state index contributed by atoms with van der Waals surface area (Å²) in [6.45, 7) is 0. The number of benzene rings is 1. The zero-order chi connectivity index (χ0) is 12.3. The Morgan fingerprint density at radius 2 is 2.35 bits per heavy atom. The van der Waals surface area contributed by atoms with Gasteiger partial charge in [0.1, 0.15) is 23.2 Å². The molecule has 0 spiro atoms. The first-order valence-corrected chi connectivity index (χ1v) is 4.74. The van der Waals surface area contributed by atoms with E-state index in [-0.39, 0.29) is 17.1 Å². The molecule has 2 rings (SSSR count). The average molecular weight is 228 g/mol. The monoisotopic (exact) mass is 228 g/mol. The van der Waals surface area contributed by atoms with Gasteiger partial charge in [-0.3, -0.25) is 9.89 Å². The molecule has 0 fully saturated rings. The summed E-state index contributed by atoms with van der Waals surface area (Å²) in [7, 11) is 0. The molecule has 0 aliphatic carbocycles. The van der Waals surface area contributed by atoms with Crippen molar-refractivity contribution in [2.24, 2.45) is 0 Å². The number of amides is 1. The second kappa shape index (κ2) is 4.37. The molecule has 84 valence electrons. The quantitative estimate of drug-likeness (QED) is 0.719. The molecule has 6 heteroatoms. The van der Waals surface area contributed by atoms with Gasteiger partial charge in [-0.05, 0) is 18.2 Å². The van der Waals surface area contributed by atoms with Crippen LogP contribution in [-0.2, 0) is 0 Å². The summed E-state index contributed by atoms with van der Waals surface area (Å²) in [4.78, 5) is 11.8. The number of nitriles is 1. The van der Waals surface area contributed by atoms with Crippen LogP contribution in [-0.4, -0.2) is 21.2 Å². The first-order valence-electron chi connectivity index (χ1n) is 4.74. The fourth-order valence-electron chi connectivity index (χ4n) is 1.30. The molecule has 0 bridgehead atoms. The molecule has 0 unspecified atom stereocenters. The van der Waals surface area contributed by atoms with Crippen molar-refractivity contribution in [1.29, 1.82) is 5.26 Å². The molecular formula is C11H8N4O2. The van der Waals surface area contributed by atoms with Gasteiger partial charge in [-0.2, -0.15) is 10.4 Å². The van der Waals surface area contributed by atoms with Crippen molar-refractivity contribution in [2.75, 3.05) is 5.32 Å². The lowest BCUT2D eigenvalue weighted by Crippen LogP contribution is -2.12. The number of H-pyrrole nitrogens is 1. The molecule has 1 aromatic carbocycles. The van der Waals surface area contributed by atoms with Crippen molar-refractivity contribution in [3.8, 4) is 11.8 Å². The Morgan fingerprint density at radius 1 is 1.53 bits per heavy atom. The third-order valence-corrected chi connectivity index (χ3v) is 2.11. The van der Waals surface area contributed by atoms with Crippen molar-refractivity contribution >= 4 is 11.7 Å². The first-order chi connectivity index (χ1) is 8.20. The maximum absolute atomic E-state index is 11.8. The summed E-state index contributed by atoms with van der Waals surface area (Å²) in [5.41, 5.74) is 0.544. The van der Waals surface area contributed by atoms with Crippen molar-refractivity contribution in [2.45, 2.75) is 0 Å². The number of nitrogens with one attached hydrogen (secondary N) is 2. The Hall–Kier alpha value is -2.81. The standard InChI is InChI=1S/C11H8N4O2/c12-5-8-6-13-15-10(8)14-11(17)7-2-1-3-9(16)4-7/h1-4,6,16H,(H2,13,14,15,17). The van der Waals surface area contributed by atoms with Crippen molar-refractivity contribution in [3.63, 3.8) is 0 Å². The van der Waals surface area contributed by atoms with Gasteiger partial charge < -0.3 is 10.4 Å². The minimum atomic E-state index is -0.429. The Labute approximate surface area is 96.5 Å². The lowest BCUT2D eigenvalue weighted by molar-refractivity contribution is 0.102. The van der Waals surface area contributed by atoms with Gasteiger partial charge in [-0.15, -0.1) is 0 Å². The van der Waals surface area contributed by atoms with Gasteiger partial charge in [0, 0.05) is 5.56 Å². The number of aromatic hydroxyl groups is 1. The molecule has 6 nitrogen and oxygen atoms in total. The molecule has 1 amide bonds. The van der Waals surface area contributed by atoms with Gasteiger partial charge in [0.25, 0.3) is 5.91 Å². The summed E-state index contributed by atoms with van der Waals surface area (Å²) in [5, 5.41) is 26.6. The van der Waals surface area contributed by atoms with Crippen LogP contribution in [0.25, 0.3) is 0 Å². The van der Waals surface area contributed by atoms with Crippen LogP contribution >= 0.6 is 0 Å². The van der Waals surface area contributed by atoms with Crippen LogP contribution in [0.1, 0.15) is 15.9 Å². The summed E-state index contributed by atoms with van der Waals surface area (Å²) < 4.78 is 0. The zero-order valence-electron chi connectivity index (χ0n) is 8.64. The minimum absolute atomic E-state index is 0.00256. The number of hydrogen-bond donors (Lipinski definition) is 3. The van der Waals surface area contributed by atoms with E-state index in [1.54, 1.807) is 12.1 Å². The summed E-state index contributed by atoms with van der Waals surface area (Å²) in [6.07, 6.45) is 1.32. The van der Waals surface area contributed by atoms with Crippen LogP contribution in [0.2, 0.25) is 0 Å². The highest BCUT2D eigenvalue weighted by molar-refractivity contribution is 6.04. The summed E-state index contributed by atoms with van der Waals surface area (Å²) in [5.74, 6) is -0.190. The Kier molecular flexibility index (Phi) is 2.75. The Balaban J connectivity index is 2.21. The lowest BCUT2D eigenvalue weighted by atomic mass is 10.2. The van der Waals surface area contributed by atoms with E-state index >= 15 is 0 Å². The molecule has 3 N–H and O–H groups in total. The Bertz CT molecular complexity index is 598. The van der Waals surface area contributed by atoms with Crippen LogP contribution < -0.4 is 5.32 Å². The second-order valence-electron chi connectivity index (χ2n) is 3.27. The fraction of sp³-hybridized carbons (Fsp3) is 0. The number of aromatic nitrogens is 2. The normalized spacial score (nSPS) is 9.59. The second-order valence-corrected chi connectivity index (χ2v) is 3.27. The van der Waals surface area contributed by atoms with Gasteiger partial charge in [-0.25, -0.2) is 0 Å². The molecule has 0 aliphatic heterocycles. The van der Waals surface area contributed by atoms with Gasteiger partial charge >= 0.3 is 0 Å². The SMILES string of the molecule is N#Cc1cn[nH]c1NC(=O)c1cccc(O)c1. The highest BCUT2D eigenvalue weighted by Gasteiger charge is 2.10. The number of carbonyl (C=O) groups excluding carboxylic acids is 1. The number of nitrogens with zero attached hydrogens (tertiary/aromatic N) is 2. The van der Waals surface area contributed by atoms with Gasteiger partial charge in [-0.1, -0.05) is 6.07 Å². The van der Waals surface area contributed by atoms with E-state index in [1.807, 2.05) is 6.07 Å². The highest BCUT2D eigenvalue weighted by Crippen LogP contribution is 2.14. The molecule has 0 saturated carbocycles. The van der Waals surface area contributed by atoms with Crippen LogP contribution in [0, 0.1) is 11.3 Å². The smallest absolute Gasteiger partial charge is 0.256 e. The van der Waals surface area contributed by atoms with Crippen molar-refractivity contribution in [3.05, 3.63) is 41.6 Å². The molecule has 0 saturated heterocycles. The molecule has 0 radical (unpaired) electrons. The van der Waals surface area contributed by atoms with E-state index in [0.29, 0.717) is 5.56 Å². The number of phenols is 1. The van der Waals surface area contributed by atoms with Gasteiger partial charge in [0.15, 0.2) is 0 Å². The summed E-state index contributed by atoms with van der Waals surface area (Å²) >= 11 is 0. The van der Waals surface area contributed by atoms with Crippen molar-refractivity contribution in [1.82, 2.24) is 10.2 Å². The van der Waals surface area contributed by atoms with E-state index in [1.165, 1.54) is 18.3 Å². The zero-order valence-corrected chi connectivity index (χ0v) is 8.64. The van der Waals surface area contributed by atoms with Crippen molar-refractivity contribution < 1.29 is 9.90 Å². The number of carbonyl (C=O) groups is 1. The maximum atomic E-state index is 11.8. The Morgan fingerprint density at radius 3 is 3.06 bits per heavy atom. The number of aromatic amines is 1. The third-order valence-electron chi connectivity index (χ3n) is 2.11. The predicted molar refractivity (Wildman–Crippen MR) is 59.4 cm³/mol. The molecule has 17 heavy (non-hydrogen) atoms. The maximum Gasteiger partial charge on any atom is 0.256 e. The largest absolute Gasteiger partial charge is 0.508 e. The van der Waals surface area contributed by atoms with Crippen LogP contribution in [0.4, 0.5) is 5.82 Å². The first kappa shape index (κ1) is 10.7. The van der Waals surface area contributed by atoms with Crippen LogP contribution in [0.5, 0.6) is 5.75 Å². The molecule has 0 aliphatic rings. The van der Waals surface area contributed by atoms with E-state index in [2.05, 4.69) is 15.5 Å². The molecule has 1 heterocycles. The number of hydrogen-bond acceptors (Lipinski definition) is 4. The van der Waals surface area contributed by atoms with E-state index in [0.717, 1.165) is 0 Å². The molecule has 1 aromatic heterocycles. The van der Waals surface area contributed by atoms with Crippen LogP contribution in [0.3, 0.4) is 0 Å². The van der Waals surface area contributed by atoms with Gasteiger partial charge in [0.05, 0.1) is 6.20 Å². The number of anilines is 1. The number of rotatable bonds is 2. The molecule has 2 aromatic rings. The molecular weight excluding hydrogens is 220 g/mol. The fourth-order valence-corrected chi connectivity index (χ4v) is 1.30. The number of phenolic OH excluding ortho intramolecular Hbond substituents is 1. The van der Waals surface area contributed by atoms with E-state index in [9.17, 15) is 9.90 Å². The topological polar surface area (TPSA) is 102 Å². The van der Waals surface area contributed by atoms with E-state index in [4.69, 9.17) is 5.26 Å². The van der Waals surface area contributed by atoms with Gasteiger partial charge in [0.2, 0.25) is 0 Å².